The highest BCUT2D eigenvalue weighted by molar-refractivity contribution is 6.30. The van der Waals surface area contributed by atoms with Crippen LogP contribution in [0.15, 0.2) is 30.5 Å². The molecule has 1 N–H and O–H groups in total. The van der Waals surface area contributed by atoms with Crippen LogP contribution >= 0.6 is 11.6 Å². The number of benzene rings is 1. The molecule has 2 amide bonds. The number of rotatable bonds is 6. The quantitative estimate of drug-likeness (QED) is 0.594. The molecule has 3 heterocycles. The third kappa shape index (κ3) is 6.79. The van der Waals surface area contributed by atoms with Crippen molar-refractivity contribution in [3.8, 4) is 5.69 Å². The van der Waals surface area contributed by atoms with Crippen molar-refractivity contribution < 1.29 is 14.3 Å². The predicted molar refractivity (Wildman–Crippen MR) is 141 cm³/mol. The van der Waals surface area contributed by atoms with Gasteiger partial charge in [-0.1, -0.05) is 18.0 Å². The fraction of sp³-hybridized carbons (Fsp3) is 0.593. The molecule has 0 aliphatic carbocycles. The van der Waals surface area contributed by atoms with Gasteiger partial charge in [-0.2, -0.15) is 5.10 Å². The Labute approximate surface area is 218 Å². The third-order valence-corrected chi connectivity index (χ3v) is 7.07. The number of piperidine rings is 2. The maximum atomic E-state index is 13.3. The lowest BCUT2D eigenvalue weighted by atomic mass is 9.91. The lowest BCUT2D eigenvalue weighted by Gasteiger charge is -2.34. The zero-order valence-corrected chi connectivity index (χ0v) is 22.4. The van der Waals surface area contributed by atoms with Crippen LogP contribution in [0.2, 0.25) is 5.02 Å². The van der Waals surface area contributed by atoms with Crippen LogP contribution in [0.3, 0.4) is 0 Å². The number of likely N-dealkylation sites (tertiary alicyclic amines) is 2. The second kappa shape index (κ2) is 11.6. The first-order valence-corrected chi connectivity index (χ1v) is 13.4. The molecule has 2 saturated heterocycles. The summed E-state index contributed by atoms with van der Waals surface area (Å²) in [5.74, 6) is -0.0125. The van der Waals surface area contributed by atoms with Crippen LogP contribution < -0.4 is 5.32 Å². The van der Waals surface area contributed by atoms with E-state index in [1.54, 1.807) is 11.1 Å². The van der Waals surface area contributed by atoms with E-state index >= 15 is 0 Å². The normalized spacial score (nSPS) is 17.7. The number of carbonyl (C=O) groups is 2. The van der Waals surface area contributed by atoms with Gasteiger partial charge < -0.3 is 19.9 Å². The Morgan fingerprint density at radius 1 is 1.06 bits per heavy atom. The zero-order valence-electron chi connectivity index (χ0n) is 21.6. The summed E-state index contributed by atoms with van der Waals surface area (Å²) in [4.78, 5) is 30.0. The van der Waals surface area contributed by atoms with Gasteiger partial charge >= 0.3 is 6.09 Å². The summed E-state index contributed by atoms with van der Waals surface area (Å²) in [6.45, 7) is 10.4. The van der Waals surface area contributed by atoms with Crippen molar-refractivity contribution in [2.75, 3.05) is 39.3 Å². The molecule has 4 rings (SSSR count). The Bertz CT molecular complexity index is 1030. The standard InChI is InChI=1S/C27H38ClN5O3/c1-27(2,3)36-26(35)32-16-11-20(12-17-32)24-23(19-30-33(24)22-9-7-21(28)8-10-22)25(34)29-13-18-31-14-5-4-6-15-31/h7-10,19-20H,4-6,11-18H2,1-3H3,(H,29,34). The number of nitrogens with zero attached hydrogens (tertiary/aromatic N) is 4. The van der Waals surface area contributed by atoms with Gasteiger partial charge in [0.1, 0.15) is 5.60 Å². The molecule has 2 fully saturated rings. The van der Waals surface area contributed by atoms with Crippen LogP contribution in [0, 0.1) is 0 Å². The molecule has 0 atom stereocenters. The summed E-state index contributed by atoms with van der Waals surface area (Å²) in [5, 5.41) is 8.37. The molecule has 0 unspecified atom stereocenters. The minimum Gasteiger partial charge on any atom is -0.444 e. The summed E-state index contributed by atoms with van der Waals surface area (Å²) in [5.41, 5.74) is 1.81. The van der Waals surface area contributed by atoms with Gasteiger partial charge in [0.05, 0.1) is 23.1 Å². The summed E-state index contributed by atoms with van der Waals surface area (Å²) in [7, 11) is 0. The predicted octanol–water partition coefficient (Wildman–Crippen LogP) is 4.86. The number of halogens is 1. The smallest absolute Gasteiger partial charge is 0.410 e. The van der Waals surface area contributed by atoms with Crippen LogP contribution in [-0.4, -0.2) is 76.5 Å². The van der Waals surface area contributed by atoms with Crippen LogP contribution in [0.4, 0.5) is 4.79 Å². The first-order chi connectivity index (χ1) is 17.2. The number of amides is 2. The summed E-state index contributed by atoms with van der Waals surface area (Å²) in [6.07, 6.45) is 6.59. The Kier molecular flexibility index (Phi) is 8.57. The van der Waals surface area contributed by atoms with Gasteiger partial charge in [0.2, 0.25) is 0 Å². The van der Waals surface area contributed by atoms with Crippen LogP contribution in [0.5, 0.6) is 0 Å². The molecule has 0 bridgehead atoms. The van der Waals surface area contributed by atoms with Gasteiger partial charge in [-0.25, -0.2) is 9.48 Å². The van der Waals surface area contributed by atoms with Gasteiger partial charge in [0, 0.05) is 37.1 Å². The SMILES string of the molecule is CC(C)(C)OC(=O)N1CCC(c2c(C(=O)NCCN3CCCCC3)cnn2-c2ccc(Cl)cc2)CC1. The topological polar surface area (TPSA) is 79.7 Å². The van der Waals surface area contributed by atoms with Crippen LogP contribution in [0.1, 0.15) is 74.8 Å². The number of nitrogens with one attached hydrogen (secondary N) is 1. The van der Waals surface area contributed by atoms with Crippen molar-refractivity contribution in [2.24, 2.45) is 0 Å². The van der Waals surface area contributed by atoms with Crippen molar-refractivity contribution in [3.63, 3.8) is 0 Å². The Morgan fingerprint density at radius 3 is 2.36 bits per heavy atom. The molecule has 1 aromatic carbocycles. The third-order valence-electron chi connectivity index (χ3n) is 6.82. The number of ether oxygens (including phenoxy) is 1. The van der Waals surface area contributed by atoms with E-state index in [-0.39, 0.29) is 17.9 Å². The van der Waals surface area contributed by atoms with Gasteiger partial charge in [-0.3, -0.25) is 4.79 Å². The molecule has 8 nitrogen and oxygen atoms in total. The first-order valence-electron chi connectivity index (χ1n) is 13.0. The van der Waals surface area contributed by atoms with E-state index in [0.29, 0.717) is 30.2 Å². The average Bonchev–Trinajstić information content (AvgIpc) is 3.29. The number of aromatic nitrogens is 2. The van der Waals surface area contributed by atoms with Gasteiger partial charge in [0.25, 0.3) is 5.91 Å². The van der Waals surface area contributed by atoms with E-state index in [1.165, 1.54) is 19.3 Å². The lowest BCUT2D eigenvalue weighted by Crippen LogP contribution is -2.42. The summed E-state index contributed by atoms with van der Waals surface area (Å²) in [6, 6.07) is 7.47. The Morgan fingerprint density at radius 2 is 1.72 bits per heavy atom. The van der Waals surface area contributed by atoms with Crippen molar-refractivity contribution in [1.29, 1.82) is 0 Å². The molecule has 2 aliphatic heterocycles. The molecule has 1 aromatic heterocycles. The molecule has 9 heteroatoms. The number of hydrogen-bond acceptors (Lipinski definition) is 5. The number of hydrogen-bond donors (Lipinski definition) is 1. The van der Waals surface area contributed by atoms with E-state index in [9.17, 15) is 9.59 Å². The molecular formula is C27H38ClN5O3. The Hall–Kier alpha value is -2.58. The van der Waals surface area contributed by atoms with E-state index < -0.39 is 5.60 Å². The van der Waals surface area contributed by atoms with Crippen molar-refractivity contribution in [3.05, 3.63) is 46.7 Å². The van der Waals surface area contributed by atoms with E-state index in [0.717, 1.165) is 43.9 Å². The summed E-state index contributed by atoms with van der Waals surface area (Å²) < 4.78 is 7.40. The molecule has 0 saturated carbocycles. The molecule has 0 radical (unpaired) electrons. The molecular weight excluding hydrogens is 478 g/mol. The highest BCUT2D eigenvalue weighted by Crippen LogP contribution is 2.33. The average molecular weight is 516 g/mol. The van der Waals surface area contributed by atoms with E-state index in [4.69, 9.17) is 16.3 Å². The minimum atomic E-state index is -0.527. The molecule has 36 heavy (non-hydrogen) atoms. The molecule has 2 aromatic rings. The monoisotopic (exact) mass is 515 g/mol. The zero-order chi connectivity index (χ0) is 25.7. The first kappa shape index (κ1) is 26.5. The van der Waals surface area contributed by atoms with Crippen molar-refractivity contribution in [2.45, 2.75) is 64.4 Å². The fourth-order valence-electron chi connectivity index (χ4n) is 4.98. The highest BCUT2D eigenvalue weighted by atomic mass is 35.5. The maximum absolute atomic E-state index is 13.3. The maximum Gasteiger partial charge on any atom is 0.410 e. The van der Waals surface area contributed by atoms with Crippen LogP contribution in [0.25, 0.3) is 5.69 Å². The van der Waals surface area contributed by atoms with Gasteiger partial charge in [-0.15, -0.1) is 0 Å². The van der Waals surface area contributed by atoms with Gasteiger partial charge in [0.15, 0.2) is 0 Å². The fourth-order valence-corrected chi connectivity index (χ4v) is 5.11. The molecule has 0 spiro atoms. The van der Waals surface area contributed by atoms with Crippen LogP contribution in [-0.2, 0) is 4.74 Å². The highest BCUT2D eigenvalue weighted by Gasteiger charge is 2.32. The van der Waals surface area contributed by atoms with E-state index in [2.05, 4.69) is 15.3 Å². The van der Waals surface area contributed by atoms with E-state index in [1.807, 2.05) is 49.7 Å². The Balaban J connectivity index is 1.49. The summed E-state index contributed by atoms with van der Waals surface area (Å²) >= 11 is 6.11. The molecule has 196 valence electrons. The minimum absolute atomic E-state index is 0.0877. The second-order valence-corrected chi connectivity index (χ2v) is 11.2. The lowest BCUT2D eigenvalue weighted by molar-refractivity contribution is 0.0203. The van der Waals surface area contributed by atoms with Crippen molar-refractivity contribution in [1.82, 2.24) is 24.9 Å². The second-order valence-electron chi connectivity index (χ2n) is 10.7. The van der Waals surface area contributed by atoms with Gasteiger partial charge in [-0.05, 0) is 83.8 Å². The van der Waals surface area contributed by atoms with Crippen molar-refractivity contribution >= 4 is 23.6 Å². The number of carbonyl (C=O) groups excluding carboxylic acids is 2. The largest absolute Gasteiger partial charge is 0.444 e. The molecule has 2 aliphatic rings.